The number of nitrogens with one attached hydrogen (secondary N) is 2. The molecule has 24 heavy (non-hydrogen) atoms. The van der Waals surface area contributed by atoms with Crippen molar-refractivity contribution in [2.45, 2.75) is 6.42 Å². The van der Waals surface area contributed by atoms with Gasteiger partial charge in [0.05, 0.1) is 5.57 Å². The monoisotopic (exact) mass is 371 g/mol. The van der Waals surface area contributed by atoms with Crippen LogP contribution in [0.25, 0.3) is 6.08 Å². The molecule has 0 aromatic heterocycles. The van der Waals surface area contributed by atoms with Gasteiger partial charge in [-0.2, -0.15) is 0 Å². The minimum absolute atomic E-state index is 0. The lowest BCUT2D eigenvalue weighted by Crippen LogP contribution is -2.44. The summed E-state index contributed by atoms with van der Waals surface area (Å²) in [6.07, 6.45) is 2.82. The summed E-state index contributed by atoms with van der Waals surface area (Å²) < 4.78 is 5.61. The van der Waals surface area contributed by atoms with Crippen LogP contribution in [0.1, 0.15) is 12.0 Å². The van der Waals surface area contributed by atoms with Crippen LogP contribution in [0.3, 0.4) is 0 Å². The molecule has 3 rings (SSSR count). The topological polar surface area (TPSA) is 53.6 Å². The Hall–Kier alpha value is -1.27. The number of piperazine rings is 1. The van der Waals surface area contributed by atoms with E-state index in [2.05, 4.69) is 15.5 Å². The predicted octanol–water partition coefficient (Wildman–Crippen LogP) is 1.95. The molecular formula is C17H23Cl2N3O2. The summed E-state index contributed by atoms with van der Waals surface area (Å²) >= 11 is 5.99. The zero-order valence-corrected chi connectivity index (χ0v) is 15.1. The van der Waals surface area contributed by atoms with Crippen molar-refractivity contribution >= 4 is 36.0 Å². The van der Waals surface area contributed by atoms with Gasteiger partial charge in [-0.3, -0.25) is 4.79 Å². The van der Waals surface area contributed by atoms with Gasteiger partial charge in [0.15, 0.2) is 0 Å². The van der Waals surface area contributed by atoms with Crippen molar-refractivity contribution in [3.05, 3.63) is 34.4 Å². The number of amides is 1. The number of benzene rings is 1. The maximum absolute atomic E-state index is 12.2. The first-order valence-corrected chi connectivity index (χ1v) is 8.44. The molecule has 0 radical (unpaired) electrons. The average Bonchev–Trinajstić information content (AvgIpc) is 2.58. The molecule has 0 atom stereocenters. The quantitative estimate of drug-likeness (QED) is 0.776. The fraction of sp³-hybridized carbons (Fsp3) is 0.471. The van der Waals surface area contributed by atoms with E-state index >= 15 is 0 Å². The van der Waals surface area contributed by atoms with E-state index in [4.69, 9.17) is 16.3 Å². The molecule has 1 aromatic rings. The van der Waals surface area contributed by atoms with Crippen molar-refractivity contribution in [2.24, 2.45) is 0 Å². The maximum atomic E-state index is 12.2. The minimum Gasteiger partial charge on any atom is -0.488 e. The zero-order chi connectivity index (χ0) is 16.1. The largest absolute Gasteiger partial charge is 0.488 e. The summed E-state index contributed by atoms with van der Waals surface area (Å²) in [6.45, 7) is 6.29. The molecule has 5 nitrogen and oxygen atoms in total. The van der Waals surface area contributed by atoms with Gasteiger partial charge in [-0.25, -0.2) is 0 Å². The average molecular weight is 372 g/mol. The van der Waals surface area contributed by atoms with E-state index in [1.165, 1.54) is 0 Å². The second-order valence-electron chi connectivity index (χ2n) is 5.84. The molecule has 1 fully saturated rings. The highest BCUT2D eigenvalue weighted by Gasteiger charge is 2.17. The van der Waals surface area contributed by atoms with E-state index in [9.17, 15) is 4.79 Å². The van der Waals surface area contributed by atoms with Crippen LogP contribution in [0.15, 0.2) is 23.8 Å². The van der Waals surface area contributed by atoms with Crippen LogP contribution in [-0.2, 0) is 4.79 Å². The van der Waals surface area contributed by atoms with Crippen LogP contribution >= 0.6 is 24.0 Å². The third-order valence-electron chi connectivity index (χ3n) is 4.12. The maximum Gasteiger partial charge on any atom is 0.250 e. The van der Waals surface area contributed by atoms with E-state index in [0.717, 1.165) is 50.5 Å². The molecule has 0 saturated carbocycles. The van der Waals surface area contributed by atoms with Crippen molar-refractivity contribution < 1.29 is 9.53 Å². The Morgan fingerprint density at radius 2 is 2.12 bits per heavy atom. The number of nitrogens with zero attached hydrogens (tertiary/aromatic N) is 1. The number of fused-ring (bicyclic) bond motifs is 1. The first-order valence-electron chi connectivity index (χ1n) is 8.06. The molecule has 1 saturated heterocycles. The van der Waals surface area contributed by atoms with Gasteiger partial charge in [0.1, 0.15) is 12.4 Å². The SMILES string of the molecule is Cl.O=C(NCCCN1CCNCC1)C1=Cc2cc(Cl)ccc2OC1. The second-order valence-corrected chi connectivity index (χ2v) is 6.28. The van der Waals surface area contributed by atoms with Gasteiger partial charge in [0.25, 0.3) is 5.91 Å². The van der Waals surface area contributed by atoms with E-state index in [0.29, 0.717) is 23.7 Å². The van der Waals surface area contributed by atoms with Crippen molar-refractivity contribution in [1.82, 2.24) is 15.5 Å². The molecule has 1 aromatic carbocycles. The first-order chi connectivity index (χ1) is 11.2. The third kappa shape index (κ3) is 5.11. The molecule has 2 N–H and O–H groups in total. The number of rotatable bonds is 5. The zero-order valence-electron chi connectivity index (χ0n) is 13.5. The Morgan fingerprint density at radius 3 is 2.92 bits per heavy atom. The van der Waals surface area contributed by atoms with Crippen LogP contribution in [0.4, 0.5) is 0 Å². The highest BCUT2D eigenvalue weighted by molar-refractivity contribution is 6.30. The van der Waals surface area contributed by atoms with Gasteiger partial charge in [-0.05, 0) is 37.2 Å². The molecule has 2 aliphatic rings. The summed E-state index contributed by atoms with van der Waals surface area (Å²) in [4.78, 5) is 14.6. The van der Waals surface area contributed by atoms with Crippen molar-refractivity contribution in [3.63, 3.8) is 0 Å². The van der Waals surface area contributed by atoms with E-state index < -0.39 is 0 Å². The lowest BCUT2D eigenvalue weighted by atomic mass is 10.1. The van der Waals surface area contributed by atoms with E-state index in [-0.39, 0.29) is 18.3 Å². The standard InChI is InChI=1S/C17H22ClN3O2.ClH/c18-15-2-3-16-13(11-15)10-14(12-23-16)17(22)20-4-1-7-21-8-5-19-6-9-21;/h2-3,10-11,19H,1,4-9,12H2,(H,20,22);1H. The predicted molar refractivity (Wildman–Crippen MR) is 99.1 cm³/mol. The summed E-state index contributed by atoms with van der Waals surface area (Å²) in [5.74, 6) is 0.709. The van der Waals surface area contributed by atoms with Gasteiger partial charge in [-0.15, -0.1) is 12.4 Å². The van der Waals surface area contributed by atoms with Crippen molar-refractivity contribution in [2.75, 3.05) is 45.9 Å². The van der Waals surface area contributed by atoms with Crippen LogP contribution in [0.5, 0.6) is 5.75 Å². The van der Waals surface area contributed by atoms with Gasteiger partial charge in [0.2, 0.25) is 0 Å². The smallest absolute Gasteiger partial charge is 0.250 e. The highest BCUT2D eigenvalue weighted by atomic mass is 35.5. The third-order valence-corrected chi connectivity index (χ3v) is 4.36. The van der Waals surface area contributed by atoms with Gasteiger partial charge < -0.3 is 20.3 Å². The molecule has 0 bridgehead atoms. The molecular weight excluding hydrogens is 349 g/mol. The Morgan fingerprint density at radius 1 is 1.33 bits per heavy atom. The van der Waals surface area contributed by atoms with Crippen LogP contribution in [-0.4, -0.2) is 56.7 Å². The van der Waals surface area contributed by atoms with Crippen molar-refractivity contribution in [3.8, 4) is 5.75 Å². The number of ether oxygens (including phenoxy) is 1. The molecule has 0 aliphatic carbocycles. The summed E-state index contributed by atoms with van der Waals surface area (Å²) in [5, 5.41) is 6.95. The van der Waals surface area contributed by atoms with E-state index in [1.807, 2.05) is 18.2 Å². The lowest BCUT2D eigenvalue weighted by Gasteiger charge is -2.27. The number of hydrogen-bond acceptors (Lipinski definition) is 4. The number of halogens is 2. The number of carbonyl (C=O) groups is 1. The fourth-order valence-electron chi connectivity index (χ4n) is 2.83. The van der Waals surface area contributed by atoms with Gasteiger partial charge in [-0.1, -0.05) is 11.6 Å². The molecule has 0 unspecified atom stereocenters. The Bertz CT molecular complexity index is 601. The lowest BCUT2D eigenvalue weighted by molar-refractivity contribution is -0.117. The number of carbonyl (C=O) groups excluding carboxylic acids is 1. The Labute approximate surface area is 153 Å². The second kappa shape index (κ2) is 9.28. The van der Waals surface area contributed by atoms with E-state index in [1.54, 1.807) is 6.07 Å². The molecule has 2 heterocycles. The van der Waals surface area contributed by atoms with Crippen molar-refractivity contribution in [1.29, 1.82) is 0 Å². The Kier molecular flexibility index (Phi) is 7.37. The molecule has 0 spiro atoms. The summed E-state index contributed by atoms with van der Waals surface area (Å²) in [6, 6.07) is 5.43. The van der Waals surface area contributed by atoms with Crippen LogP contribution in [0, 0.1) is 0 Å². The molecule has 7 heteroatoms. The summed E-state index contributed by atoms with van der Waals surface area (Å²) in [5.41, 5.74) is 1.50. The highest BCUT2D eigenvalue weighted by Crippen LogP contribution is 2.28. The van der Waals surface area contributed by atoms with Crippen LogP contribution in [0.2, 0.25) is 5.02 Å². The molecule has 2 aliphatic heterocycles. The molecule has 1 amide bonds. The van der Waals surface area contributed by atoms with Gasteiger partial charge in [0, 0.05) is 43.3 Å². The minimum atomic E-state index is -0.0593. The molecule has 132 valence electrons. The van der Waals surface area contributed by atoms with Crippen LogP contribution < -0.4 is 15.4 Å². The normalized spacial score (nSPS) is 17.1. The number of hydrogen-bond donors (Lipinski definition) is 2. The Balaban J connectivity index is 0.00000208. The summed E-state index contributed by atoms with van der Waals surface area (Å²) in [7, 11) is 0. The first kappa shape index (κ1) is 19.1. The fourth-order valence-corrected chi connectivity index (χ4v) is 3.01. The van der Waals surface area contributed by atoms with Gasteiger partial charge >= 0.3 is 0 Å².